The fourth-order valence-corrected chi connectivity index (χ4v) is 7.90. The molecule has 8 aromatic carbocycles. The number of hydrogen-bond acceptors (Lipinski definition) is 7. The fraction of sp³-hybridized carbons (Fsp3) is 0.0769. The van der Waals surface area contributed by atoms with Crippen LogP contribution in [0, 0.1) is 0 Å². The van der Waals surface area contributed by atoms with Crippen molar-refractivity contribution >= 4 is 20.2 Å². The standard InChI is InChI=1S/2C19H17N.C12H10O6S2.C2H6O/c2*20-19(16-10-4-1-5-11-16,17-12-6-2-7-13-17)18-14-8-3-9-15-18;13-19(14,15)11-5-1-9(2-6-11)10-3-7-12(8-4-10)20(16,17)18;1-2-3/h2*1-15H,20H2;1-8H,(H,13,14,15)(H,16,17,18);3H,2H2,1H3. The second-order valence-electron chi connectivity index (χ2n) is 14.3. The molecule has 0 fully saturated rings. The van der Waals surface area contributed by atoms with Crippen LogP contribution in [0.1, 0.15) is 40.3 Å². The van der Waals surface area contributed by atoms with Crippen LogP contribution in [0.3, 0.4) is 0 Å². The summed E-state index contributed by atoms with van der Waals surface area (Å²) in [5.41, 5.74) is 16.8. The van der Waals surface area contributed by atoms with Gasteiger partial charge in [-0.3, -0.25) is 0 Å². The second kappa shape index (κ2) is 22.0. The molecule has 0 aliphatic carbocycles. The van der Waals surface area contributed by atoms with Crippen LogP contribution in [0.15, 0.2) is 240 Å². The molecule has 9 nitrogen and oxygen atoms in total. The van der Waals surface area contributed by atoms with Gasteiger partial charge in [0.05, 0.1) is 9.79 Å². The van der Waals surface area contributed by atoms with Crippen LogP contribution in [0.5, 0.6) is 0 Å². The Kier molecular flexibility index (Phi) is 16.6. The highest BCUT2D eigenvalue weighted by Gasteiger charge is 2.36. The third-order valence-electron chi connectivity index (χ3n) is 10.2. The minimum Gasteiger partial charge on any atom is -0.744 e. The Morgan fingerprint density at radius 1 is 0.365 bits per heavy atom. The Balaban J connectivity index is 0.000000173. The normalized spacial score (nSPS) is 11.3. The summed E-state index contributed by atoms with van der Waals surface area (Å²) in [6.45, 7) is 1.93. The molecule has 11 heteroatoms. The van der Waals surface area contributed by atoms with Crippen molar-refractivity contribution in [3.8, 4) is 11.1 Å². The first kappa shape index (κ1) is 47.5. The summed E-state index contributed by atoms with van der Waals surface area (Å²) < 4.78 is 64.7. The zero-order valence-electron chi connectivity index (χ0n) is 34.8. The zero-order valence-corrected chi connectivity index (χ0v) is 36.4. The van der Waals surface area contributed by atoms with Gasteiger partial charge in [-0.25, -0.2) is 16.8 Å². The Morgan fingerprint density at radius 2 is 0.524 bits per heavy atom. The van der Waals surface area contributed by atoms with Gasteiger partial charge in [0, 0.05) is 40.0 Å². The van der Waals surface area contributed by atoms with Crippen LogP contribution in [-0.2, 0) is 31.3 Å². The summed E-state index contributed by atoms with van der Waals surface area (Å²) in [4.78, 5) is -0.694. The molecular weight excluding hydrogens is 829 g/mol. The quantitative estimate of drug-likeness (QED) is 0.0983. The lowest BCUT2D eigenvalue weighted by atomic mass is 9.78. The maximum absolute atomic E-state index is 10.8. The van der Waals surface area contributed by atoms with E-state index in [0.717, 1.165) is 24.3 Å². The minimum atomic E-state index is -4.50. The van der Waals surface area contributed by atoms with Crippen molar-refractivity contribution < 1.29 is 42.5 Å². The number of aliphatic hydroxyl groups is 1. The molecule has 0 atom stereocenters. The van der Waals surface area contributed by atoms with Crippen molar-refractivity contribution in [2.45, 2.75) is 27.8 Å². The van der Waals surface area contributed by atoms with Gasteiger partial charge in [0.2, 0.25) is 0 Å². The number of benzene rings is 8. The largest absolute Gasteiger partial charge is 0.744 e. The molecule has 8 rings (SSSR count). The van der Waals surface area contributed by atoms with Gasteiger partial charge >= 0.3 is 0 Å². The topological polar surface area (TPSA) is 190 Å². The SMILES string of the molecule is CCO.O=S(=O)([O-])c1ccc(-c2ccc(S(=O)(=O)[O-])cc2)cc1.[NH3+]C(c1ccccc1)(c1ccccc1)c1ccccc1.[NH3+]C(c1ccccc1)(c1ccccc1)c1ccccc1. The Bertz CT molecular complexity index is 2410. The smallest absolute Gasteiger partial charge is 0.172 e. The van der Waals surface area contributed by atoms with Gasteiger partial charge in [0.1, 0.15) is 20.2 Å². The molecule has 8 aromatic rings. The average molecular weight is 879 g/mol. The lowest BCUT2D eigenvalue weighted by molar-refractivity contribution is -0.455. The monoisotopic (exact) mass is 878 g/mol. The van der Waals surface area contributed by atoms with E-state index in [-0.39, 0.29) is 27.5 Å². The Morgan fingerprint density at radius 3 is 0.667 bits per heavy atom. The molecule has 0 aromatic heterocycles. The number of aliphatic hydroxyl groups excluding tert-OH is 1. The molecule has 0 saturated heterocycles. The van der Waals surface area contributed by atoms with Crippen molar-refractivity contribution in [3.63, 3.8) is 0 Å². The highest BCUT2D eigenvalue weighted by molar-refractivity contribution is 7.86. The maximum atomic E-state index is 10.8. The third kappa shape index (κ3) is 12.3. The summed E-state index contributed by atoms with van der Waals surface area (Å²) in [6, 6.07) is 73.2. The second-order valence-corrected chi connectivity index (χ2v) is 17.0. The van der Waals surface area contributed by atoms with E-state index in [1.54, 1.807) is 6.92 Å². The van der Waals surface area contributed by atoms with E-state index in [4.69, 9.17) is 5.11 Å². The van der Waals surface area contributed by atoms with E-state index in [9.17, 15) is 25.9 Å². The summed E-state index contributed by atoms with van der Waals surface area (Å²) in [5, 5.41) is 7.57. The van der Waals surface area contributed by atoms with Gasteiger partial charge in [-0.1, -0.05) is 206 Å². The van der Waals surface area contributed by atoms with E-state index in [2.05, 4.69) is 157 Å². The number of quaternary nitrogens is 2. The summed E-state index contributed by atoms with van der Waals surface area (Å²) in [6.07, 6.45) is 0. The molecule has 0 unspecified atom stereocenters. The van der Waals surface area contributed by atoms with Gasteiger partial charge < -0.3 is 25.7 Å². The van der Waals surface area contributed by atoms with Crippen LogP contribution in [-0.4, -0.2) is 37.7 Å². The van der Waals surface area contributed by atoms with E-state index in [1.807, 2.05) is 36.4 Å². The van der Waals surface area contributed by atoms with E-state index < -0.39 is 20.2 Å². The van der Waals surface area contributed by atoms with Crippen LogP contribution in [0.4, 0.5) is 0 Å². The maximum Gasteiger partial charge on any atom is 0.172 e. The molecule has 0 radical (unpaired) electrons. The highest BCUT2D eigenvalue weighted by atomic mass is 32.2. The van der Waals surface area contributed by atoms with Crippen LogP contribution < -0.4 is 11.5 Å². The van der Waals surface area contributed by atoms with E-state index >= 15 is 0 Å². The van der Waals surface area contributed by atoms with E-state index in [0.29, 0.717) is 11.1 Å². The lowest BCUT2D eigenvalue weighted by Crippen LogP contribution is -2.71. The van der Waals surface area contributed by atoms with Gasteiger partial charge in [0.25, 0.3) is 0 Å². The Labute approximate surface area is 370 Å². The molecular formula is C52H50N2O7S2. The number of hydrogen-bond donors (Lipinski definition) is 3. The van der Waals surface area contributed by atoms with Gasteiger partial charge in [-0.15, -0.1) is 0 Å². The first-order valence-electron chi connectivity index (χ1n) is 20.0. The van der Waals surface area contributed by atoms with Crippen molar-refractivity contribution in [2.75, 3.05) is 6.61 Å². The average Bonchev–Trinajstić information content (AvgIpc) is 3.33. The molecule has 0 aliphatic rings. The van der Waals surface area contributed by atoms with Crippen molar-refractivity contribution in [2.24, 2.45) is 0 Å². The van der Waals surface area contributed by atoms with Crippen LogP contribution in [0.25, 0.3) is 11.1 Å². The molecule has 63 heavy (non-hydrogen) atoms. The van der Waals surface area contributed by atoms with Gasteiger partial charge in [-0.2, -0.15) is 0 Å². The molecule has 0 bridgehead atoms. The molecule has 0 amide bonds. The van der Waals surface area contributed by atoms with Gasteiger partial charge in [-0.05, 0) is 42.3 Å². The van der Waals surface area contributed by atoms with Crippen molar-refractivity contribution in [1.82, 2.24) is 0 Å². The molecule has 0 heterocycles. The summed E-state index contributed by atoms with van der Waals surface area (Å²) >= 11 is 0. The predicted molar refractivity (Wildman–Crippen MR) is 245 cm³/mol. The molecule has 0 spiro atoms. The predicted octanol–water partition coefficient (Wildman–Crippen LogP) is 7.60. The third-order valence-corrected chi connectivity index (χ3v) is 11.9. The first-order valence-corrected chi connectivity index (χ1v) is 22.8. The minimum absolute atomic E-state index is 0.250. The molecule has 322 valence electrons. The van der Waals surface area contributed by atoms with E-state index in [1.165, 1.54) is 57.6 Å². The van der Waals surface area contributed by atoms with Crippen LogP contribution in [0.2, 0.25) is 0 Å². The molecule has 7 N–H and O–H groups in total. The summed E-state index contributed by atoms with van der Waals surface area (Å²) in [5.74, 6) is 0. The van der Waals surface area contributed by atoms with Crippen LogP contribution >= 0.6 is 0 Å². The Hall–Kier alpha value is -6.54. The molecule has 0 saturated carbocycles. The molecule has 0 aliphatic heterocycles. The lowest BCUT2D eigenvalue weighted by Gasteiger charge is -2.27. The number of rotatable bonds is 9. The highest BCUT2D eigenvalue weighted by Crippen LogP contribution is 2.33. The zero-order chi connectivity index (χ0) is 45.4. The fourth-order valence-electron chi connectivity index (χ4n) is 6.96. The van der Waals surface area contributed by atoms with Crippen molar-refractivity contribution in [3.05, 3.63) is 264 Å². The van der Waals surface area contributed by atoms with Crippen molar-refractivity contribution in [1.29, 1.82) is 0 Å². The van der Waals surface area contributed by atoms with Gasteiger partial charge in [0.15, 0.2) is 11.1 Å². The first-order chi connectivity index (χ1) is 30.2. The summed E-state index contributed by atoms with van der Waals surface area (Å²) in [7, 11) is -9.00.